The molecule has 1 N–H and O–H groups in total. The van der Waals surface area contributed by atoms with Gasteiger partial charge in [0.15, 0.2) is 0 Å². The van der Waals surface area contributed by atoms with E-state index in [1.54, 1.807) is 12.1 Å². The molecule has 2 rings (SSSR count). The molecule has 0 bridgehead atoms. The molecule has 0 aliphatic carbocycles. The molecule has 3 nitrogen and oxygen atoms in total. The first-order valence-electron chi connectivity index (χ1n) is 6.13. The van der Waals surface area contributed by atoms with Gasteiger partial charge >= 0.3 is 0 Å². The van der Waals surface area contributed by atoms with Gasteiger partial charge < -0.3 is 0 Å². The summed E-state index contributed by atoms with van der Waals surface area (Å²) in [4.78, 5) is 11.9. The smallest absolute Gasteiger partial charge is 0.267 e. The van der Waals surface area contributed by atoms with E-state index in [-0.39, 0.29) is 5.91 Å². The standard InChI is InChI=1S/C16H16N2O/c1-12-8-10-15(11-9-12)16(19)18-17-13(2)14-6-4-3-5-7-14/h3-11H,1-2H3,(H,18,19). The molecular weight excluding hydrogens is 236 g/mol. The van der Waals surface area contributed by atoms with Crippen LogP contribution in [0.1, 0.15) is 28.4 Å². The van der Waals surface area contributed by atoms with E-state index in [4.69, 9.17) is 0 Å². The molecule has 0 atom stereocenters. The fourth-order valence-electron chi connectivity index (χ4n) is 1.65. The number of carbonyl (C=O) groups excluding carboxylic acids is 1. The van der Waals surface area contributed by atoms with Gasteiger partial charge in [0.05, 0.1) is 5.71 Å². The average molecular weight is 252 g/mol. The molecule has 19 heavy (non-hydrogen) atoms. The molecule has 2 aromatic carbocycles. The van der Waals surface area contributed by atoms with Gasteiger partial charge in [0.1, 0.15) is 0 Å². The maximum Gasteiger partial charge on any atom is 0.271 e. The van der Waals surface area contributed by atoms with Crippen molar-refractivity contribution in [2.75, 3.05) is 0 Å². The van der Waals surface area contributed by atoms with E-state index in [9.17, 15) is 4.79 Å². The normalized spacial score (nSPS) is 11.2. The molecular formula is C16H16N2O. The lowest BCUT2D eigenvalue weighted by Gasteiger charge is -2.03. The zero-order chi connectivity index (χ0) is 13.7. The molecule has 0 radical (unpaired) electrons. The third kappa shape index (κ3) is 3.52. The molecule has 96 valence electrons. The zero-order valence-electron chi connectivity index (χ0n) is 11.1. The number of rotatable bonds is 3. The number of aryl methyl sites for hydroxylation is 1. The van der Waals surface area contributed by atoms with E-state index in [1.807, 2.05) is 56.3 Å². The Hall–Kier alpha value is -2.42. The molecule has 1 amide bonds. The van der Waals surface area contributed by atoms with Crippen LogP contribution in [-0.4, -0.2) is 11.6 Å². The minimum Gasteiger partial charge on any atom is -0.267 e. The van der Waals surface area contributed by atoms with Crippen LogP contribution >= 0.6 is 0 Å². The van der Waals surface area contributed by atoms with E-state index < -0.39 is 0 Å². The van der Waals surface area contributed by atoms with Crippen LogP contribution in [0.2, 0.25) is 0 Å². The van der Waals surface area contributed by atoms with E-state index in [1.165, 1.54) is 0 Å². The summed E-state index contributed by atoms with van der Waals surface area (Å²) in [5.41, 5.74) is 6.07. The molecule has 0 saturated heterocycles. The van der Waals surface area contributed by atoms with Crippen LogP contribution in [-0.2, 0) is 0 Å². The average Bonchev–Trinajstić information content (AvgIpc) is 2.46. The minimum absolute atomic E-state index is 0.199. The van der Waals surface area contributed by atoms with Crippen molar-refractivity contribution >= 4 is 11.6 Å². The Labute approximate surface area is 113 Å². The fraction of sp³-hybridized carbons (Fsp3) is 0.125. The number of benzene rings is 2. The minimum atomic E-state index is -0.199. The van der Waals surface area contributed by atoms with Gasteiger partial charge in [-0.15, -0.1) is 0 Å². The maximum absolute atomic E-state index is 11.9. The molecule has 3 heteroatoms. The molecule has 2 aromatic rings. The van der Waals surface area contributed by atoms with Crippen molar-refractivity contribution in [1.82, 2.24) is 5.43 Å². The van der Waals surface area contributed by atoms with E-state index in [0.29, 0.717) is 5.56 Å². The second-order valence-corrected chi connectivity index (χ2v) is 4.37. The Balaban J connectivity index is 2.06. The first-order chi connectivity index (χ1) is 9.16. The van der Waals surface area contributed by atoms with Crippen LogP contribution in [0.4, 0.5) is 0 Å². The monoisotopic (exact) mass is 252 g/mol. The van der Waals surface area contributed by atoms with Crippen LogP contribution < -0.4 is 5.43 Å². The number of amides is 1. The number of nitrogens with zero attached hydrogens (tertiary/aromatic N) is 1. The number of hydrazone groups is 1. The van der Waals surface area contributed by atoms with Crippen LogP contribution in [0.5, 0.6) is 0 Å². The molecule has 0 aliphatic rings. The Bertz CT molecular complexity index is 586. The molecule has 0 aliphatic heterocycles. The highest BCUT2D eigenvalue weighted by Gasteiger charge is 2.04. The van der Waals surface area contributed by atoms with E-state index in [2.05, 4.69) is 10.5 Å². The topological polar surface area (TPSA) is 41.5 Å². The predicted molar refractivity (Wildman–Crippen MR) is 77.3 cm³/mol. The first kappa shape index (κ1) is 13.0. The zero-order valence-corrected chi connectivity index (χ0v) is 11.1. The van der Waals surface area contributed by atoms with Gasteiger partial charge in [0.2, 0.25) is 0 Å². The fourth-order valence-corrected chi connectivity index (χ4v) is 1.65. The van der Waals surface area contributed by atoms with Crippen molar-refractivity contribution in [1.29, 1.82) is 0 Å². The van der Waals surface area contributed by atoms with Crippen molar-refractivity contribution in [2.24, 2.45) is 5.10 Å². The lowest BCUT2D eigenvalue weighted by molar-refractivity contribution is 0.0955. The largest absolute Gasteiger partial charge is 0.271 e. The molecule has 0 saturated carbocycles. The Morgan fingerprint density at radius 2 is 1.58 bits per heavy atom. The summed E-state index contributed by atoms with van der Waals surface area (Å²) >= 11 is 0. The first-order valence-corrected chi connectivity index (χ1v) is 6.13. The maximum atomic E-state index is 11.9. The summed E-state index contributed by atoms with van der Waals surface area (Å²) < 4.78 is 0. The van der Waals surface area contributed by atoms with Gasteiger partial charge in [-0.3, -0.25) is 4.79 Å². The molecule has 0 fully saturated rings. The van der Waals surface area contributed by atoms with E-state index >= 15 is 0 Å². The SMILES string of the molecule is CC(=NNC(=O)c1ccc(C)cc1)c1ccccc1. The van der Waals surface area contributed by atoms with Gasteiger partial charge in [-0.2, -0.15) is 5.10 Å². The second-order valence-electron chi connectivity index (χ2n) is 4.37. The van der Waals surface area contributed by atoms with Crippen molar-refractivity contribution in [3.63, 3.8) is 0 Å². The summed E-state index contributed by atoms with van der Waals surface area (Å²) in [5, 5.41) is 4.11. The van der Waals surface area contributed by atoms with Gasteiger partial charge in [-0.1, -0.05) is 48.0 Å². The van der Waals surface area contributed by atoms with Crippen molar-refractivity contribution < 1.29 is 4.79 Å². The number of hydrogen-bond donors (Lipinski definition) is 1. The lowest BCUT2D eigenvalue weighted by Crippen LogP contribution is -2.19. The Morgan fingerprint density at radius 3 is 2.21 bits per heavy atom. The third-order valence-corrected chi connectivity index (χ3v) is 2.83. The third-order valence-electron chi connectivity index (χ3n) is 2.83. The number of hydrogen-bond acceptors (Lipinski definition) is 2. The summed E-state index contributed by atoms with van der Waals surface area (Å²) in [6.07, 6.45) is 0. The van der Waals surface area contributed by atoms with Gasteiger partial charge in [0.25, 0.3) is 5.91 Å². The summed E-state index contributed by atoms with van der Waals surface area (Å²) in [6.45, 7) is 3.85. The highest BCUT2D eigenvalue weighted by atomic mass is 16.2. The highest BCUT2D eigenvalue weighted by molar-refractivity contribution is 6.00. The van der Waals surface area contributed by atoms with Gasteiger partial charge in [-0.05, 0) is 31.5 Å². The van der Waals surface area contributed by atoms with Gasteiger partial charge in [0, 0.05) is 5.56 Å². The molecule has 0 heterocycles. The lowest BCUT2D eigenvalue weighted by atomic mass is 10.1. The van der Waals surface area contributed by atoms with Crippen LogP contribution in [0.25, 0.3) is 0 Å². The van der Waals surface area contributed by atoms with Crippen LogP contribution in [0.3, 0.4) is 0 Å². The number of nitrogens with one attached hydrogen (secondary N) is 1. The van der Waals surface area contributed by atoms with Crippen LogP contribution in [0.15, 0.2) is 59.7 Å². The summed E-state index contributed by atoms with van der Waals surface area (Å²) in [6, 6.07) is 17.1. The van der Waals surface area contributed by atoms with Crippen molar-refractivity contribution in [3.05, 3.63) is 71.3 Å². The molecule has 0 spiro atoms. The second kappa shape index (κ2) is 5.96. The number of carbonyl (C=O) groups is 1. The van der Waals surface area contributed by atoms with E-state index in [0.717, 1.165) is 16.8 Å². The molecule has 0 unspecified atom stereocenters. The quantitative estimate of drug-likeness (QED) is 0.661. The predicted octanol–water partition coefficient (Wildman–Crippen LogP) is 3.15. The Morgan fingerprint density at radius 1 is 0.947 bits per heavy atom. The summed E-state index contributed by atoms with van der Waals surface area (Å²) in [7, 11) is 0. The van der Waals surface area contributed by atoms with Crippen molar-refractivity contribution in [3.8, 4) is 0 Å². The van der Waals surface area contributed by atoms with Crippen LogP contribution in [0, 0.1) is 6.92 Å². The summed E-state index contributed by atoms with van der Waals surface area (Å²) in [5.74, 6) is -0.199. The Kier molecular flexibility index (Phi) is 4.08. The van der Waals surface area contributed by atoms with Gasteiger partial charge in [-0.25, -0.2) is 5.43 Å². The molecule has 0 aromatic heterocycles. The highest BCUT2D eigenvalue weighted by Crippen LogP contribution is 2.03. The van der Waals surface area contributed by atoms with Crippen molar-refractivity contribution in [2.45, 2.75) is 13.8 Å².